The smallest absolute Gasteiger partial charge is 0.216 e. The van der Waals surface area contributed by atoms with Gasteiger partial charge >= 0.3 is 0 Å². The Hall–Kier alpha value is -3.44. The number of benzene rings is 2. The van der Waals surface area contributed by atoms with Gasteiger partial charge in [0.25, 0.3) is 0 Å². The van der Waals surface area contributed by atoms with Crippen LogP contribution in [0.1, 0.15) is 51.4 Å². The number of hydrogen-bond donors (Lipinski definition) is 0. The predicted molar refractivity (Wildman–Crippen MR) is 192 cm³/mol. The Morgan fingerprint density at radius 3 is 2.33 bits per heavy atom. The van der Waals surface area contributed by atoms with Gasteiger partial charge in [-0.3, -0.25) is 0 Å². The summed E-state index contributed by atoms with van der Waals surface area (Å²) in [6, 6.07) is 29.2. The van der Waals surface area contributed by atoms with Gasteiger partial charge in [0, 0.05) is 43.6 Å². The Labute approximate surface area is 289 Å². The molecule has 0 amide bonds. The molecular weight excluding hydrogens is 759 g/mol. The monoisotopic (exact) mass is 804 g/mol. The van der Waals surface area contributed by atoms with Crippen LogP contribution in [-0.2, 0) is 32.9 Å². The standard InChI is InChI=1S/C22H21N2O.C18H24NSi.Ir/c1-14-8-9-17-16-6-5-7-18(20(16)25-21(17)24-14)19-12-15(10-11-23-19)13-22(2,3)4;1-14(2)11-16-12-17(15-9-7-6-8-10-15)19-13-18(16)20(3,4)5;/h5-6,8-12H,13H2,1-4H3;6-9,12-14H,11H2,1-5H3;/q2*-1;. The van der Waals surface area contributed by atoms with Crippen LogP contribution in [0.25, 0.3) is 44.6 Å². The minimum absolute atomic E-state index is 0. The molecule has 0 aliphatic heterocycles. The number of furan rings is 1. The molecule has 0 unspecified atom stereocenters. The summed E-state index contributed by atoms with van der Waals surface area (Å²) < 4.78 is 6.08. The van der Waals surface area contributed by atoms with Crippen LogP contribution in [0, 0.1) is 30.4 Å². The fraction of sp³-hybridized carbons (Fsp3) is 0.325. The Morgan fingerprint density at radius 1 is 0.870 bits per heavy atom. The molecule has 0 atom stereocenters. The Balaban J connectivity index is 0.000000210. The van der Waals surface area contributed by atoms with Gasteiger partial charge in [-0.2, -0.15) is 0 Å². The van der Waals surface area contributed by atoms with Gasteiger partial charge in [0.05, 0.1) is 13.7 Å². The summed E-state index contributed by atoms with van der Waals surface area (Å²) in [5.74, 6) is 0.667. The first-order chi connectivity index (χ1) is 21.3. The van der Waals surface area contributed by atoms with Crippen LogP contribution >= 0.6 is 0 Å². The van der Waals surface area contributed by atoms with E-state index >= 15 is 0 Å². The molecule has 0 spiro atoms. The van der Waals surface area contributed by atoms with E-state index < -0.39 is 8.07 Å². The number of rotatable bonds is 6. The molecular formula is C40H45IrN3OSi-2. The van der Waals surface area contributed by atoms with Crippen molar-refractivity contribution in [1.29, 1.82) is 0 Å². The van der Waals surface area contributed by atoms with Gasteiger partial charge in [-0.15, -0.1) is 54.1 Å². The van der Waals surface area contributed by atoms with E-state index in [0.29, 0.717) is 11.6 Å². The average Bonchev–Trinajstić information content (AvgIpc) is 3.34. The number of nitrogens with zero attached hydrogens (tertiary/aromatic N) is 3. The van der Waals surface area contributed by atoms with Crippen molar-refractivity contribution in [2.75, 3.05) is 0 Å². The minimum Gasteiger partial charge on any atom is -0.486 e. The molecule has 6 rings (SSSR count). The van der Waals surface area contributed by atoms with E-state index in [2.05, 4.69) is 118 Å². The predicted octanol–water partition coefficient (Wildman–Crippen LogP) is 10.0. The molecule has 0 saturated heterocycles. The Kier molecular flexibility index (Phi) is 11.2. The molecule has 2 aromatic carbocycles. The molecule has 1 radical (unpaired) electrons. The van der Waals surface area contributed by atoms with Crippen LogP contribution in [-0.4, -0.2) is 23.0 Å². The Bertz CT molecular complexity index is 1920. The van der Waals surface area contributed by atoms with Gasteiger partial charge in [0.1, 0.15) is 0 Å². The van der Waals surface area contributed by atoms with Crippen LogP contribution in [0.5, 0.6) is 0 Å². The van der Waals surface area contributed by atoms with E-state index in [1.807, 2.05) is 49.5 Å². The van der Waals surface area contributed by atoms with Crippen LogP contribution < -0.4 is 5.19 Å². The Morgan fingerprint density at radius 2 is 1.65 bits per heavy atom. The van der Waals surface area contributed by atoms with Gasteiger partial charge in [-0.1, -0.05) is 88.5 Å². The summed E-state index contributed by atoms with van der Waals surface area (Å²) in [7, 11) is -1.34. The number of aromatic nitrogens is 3. The SMILES string of the molecule is CC(C)Cc1cc(-c2[c-]cccc2)ncc1[Si](C)(C)C.Cc1ccc2c(n1)oc1c(-c3cc(CC(C)(C)C)ccn3)[c-]ccc12.[Ir]. The third-order valence-electron chi connectivity index (χ3n) is 7.66. The summed E-state index contributed by atoms with van der Waals surface area (Å²) in [5.41, 5.74) is 9.30. The molecule has 0 saturated carbocycles. The number of aryl methyl sites for hydroxylation is 1. The van der Waals surface area contributed by atoms with E-state index in [1.165, 1.54) is 16.3 Å². The third kappa shape index (κ3) is 8.67. The average molecular weight is 804 g/mol. The van der Waals surface area contributed by atoms with Crippen molar-refractivity contribution >= 4 is 35.3 Å². The first-order valence-electron chi connectivity index (χ1n) is 15.9. The molecule has 0 bridgehead atoms. The van der Waals surface area contributed by atoms with Crippen molar-refractivity contribution in [2.24, 2.45) is 11.3 Å². The largest absolute Gasteiger partial charge is 0.486 e. The summed E-state index contributed by atoms with van der Waals surface area (Å²) in [4.78, 5) is 13.8. The van der Waals surface area contributed by atoms with Crippen molar-refractivity contribution in [3.8, 4) is 22.5 Å². The molecule has 0 fully saturated rings. The van der Waals surface area contributed by atoms with Crippen LogP contribution in [0.15, 0.2) is 83.5 Å². The van der Waals surface area contributed by atoms with Crippen LogP contribution in [0.2, 0.25) is 19.6 Å². The maximum Gasteiger partial charge on any atom is 0.216 e. The zero-order valence-electron chi connectivity index (χ0n) is 28.6. The zero-order chi connectivity index (χ0) is 32.4. The van der Waals surface area contributed by atoms with Gasteiger partial charge in [-0.05, 0) is 65.9 Å². The molecule has 0 aliphatic carbocycles. The molecule has 46 heavy (non-hydrogen) atoms. The van der Waals surface area contributed by atoms with Crippen molar-refractivity contribution in [3.05, 3.63) is 108 Å². The molecule has 6 aromatic rings. The van der Waals surface area contributed by atoms with Crippen LogP contribution in [0.4, 0.5) is 0 Å². The van der Waals surface area contributed by atoms with Gasteiger partial charge in [0.15, 0.2) is 0 Å². The van der Waals surface area contributed by atoms with Crippen molar-refractivity contribution < 1.29 is 24.5 Å². The quantitative estimate of drug-likeness (QED) is 0.124. The van der Waals surface area contributed by atoms with Gasteiger partial charge in [-0.25, -0.2) is 4.98 Å². The second kappa shape index (κ2) is 14.5. The van der Waals surface area contributed by atoms with Crippen molar-refractivity contribution in [1.82, 2.24) is 15.0 Å². The first-order valence-corrected chi connectivity index (χ1v) is 19.4. The summed E-state index contributed by atoms with van der Waals surface area (Å²) in [6.45, 7) is 20.4. The van der Waals surface area contributed by atoms with E-state index in [1.54, 1.807) is 0 Å². The van der Waals surface area contributed by atoms with E-state index in [0.717, 1.165) is 57.4 Å². The van der Waals surface area contributed by atoms with E-state index in [-0.39, 0.29) is 25.5 Å². The third-order valence-corrected chi connectivity index (χ3v) is 9.73. The second-order valence-electron chi connectivity index (χ2n) is 14.6. The topological polar surface area (TPSA) is 51.8 Å². The normalized spacial score (nSPS) is 11.8. The zero-order valence-corrected chi connectivity index (χ0v) is 32.0. The van der Waals surface area contributed by atoms with E-state index in [4.69, 9.17) is 4.42 Å². The molecule has 0 N–H and O–H groups in total. The van der Waals surface area contributed by atoms with Gasteiger partial charge in [0.2, 0.25) is 5.71 Å². The molecule has 0 aliphatic rings. The molecule has 4 aromatic heterocycles. The molecule has 6 heteroatoms. The van der Waals surface area contributed by atoms with E-state index in [9.17, 15) is 0 Å². The van der Waals surface area contributed by atoms with Crippen molar-refractivity contribution in [3.63, 3.8) is 0 Å². The fourth-order valence-electron chi connectivity index (χ4n) is 5.72. The maximum absolute atomic E-state index is 6.08. The number of hydrogen-bond acceptors (Lipinski definition) is 4. The summed E-state index contributed by atoms with van der Waals surface area (Å²) >= 11 is 0. The van der Waals surface area contributed by atoms with Crippen molar-refractivity contribution in [2.45, 2.75) is 74.0 Å². The fourth-order valence-corrected chi connectivity index (χ4v) is 7.31. The number of pyridine rings is 3. The summed E-state index contributed by atoms with van der Waals surface area (Å²) in [5, 5.41) is 3.58. The molecule has 4 heterocycles. The van der Waals surface area contributed by atoms with Crippen LogP contribution in [0.3, 0.4) is 0 Å². The minimum atomic E-state index is -1.34. The molecule has 4 nitrogen and oxygen atoms in total. The molecule has 241 valence electrons. The van der Waals surface area contributed by atoms with Gasteiger partial charge < -0.3 is 14.4 Å². The first kappa shape index (κ1) is 35.4. The maximum atomic E-state index is 6.08. The second-order valence-corrected chi connectivity index (χ2v) is 19.7. The summed E-state index contributed by atoms with van der Waals surface area (Å²) in [6.07, 6.45) is 6.11. The number of fused-ring (bicyclic) bond motifs is 3.